The summed E-state index contributed by atoms with van der Waals surface area (Å²) in [5.74, 6) is 0.665. The Kier molecular flexibility index (Phi) is 6.07. The molecule has 4 rings (SSSR count). The maximum atomic E-state index is 12.7. The summed E-state index contributed by atoms with van der Waals surface area (Å²) in [5.41, 5.74) is 2.91. The molecule has 1 aromatic carbocycles. The molecular weight excluding hydrogens is 456 g/mol. The lowest BCUT2D eigenvalue weighted by Gasteiger charge is -2.10. The number of benzene rings is 1. The van der Waals surface area contributed by atoms with Gasteiger partial charge in [-0.15, -0.1) is 10.2 Å². The SMILES string of the molecule is Cc1cc(NS(=O)(=O)c2ccc(NC(=O)c3ccc(-n4nc(C)cc4C)nn3)cc2)nc(C)n1. The molecule has 2 N–H and O–H groups in total. The summed E-state index contributed by atoms with van der Waals surface area (Å²) in [7, 11) is -3.86. The van der Waals surface area contributed by atoms with E-state index in [4.69, 9.17) is 0 Å². The van der Waals surface area contributed by atoms with E-state index in [0.717, 1.165) is 11.4 Å². The highest BCUT2D eigenvalue weighted by Gasteiger charge is 2.16. The van der Waals surface area contributed by atoms with Crippen LogP contribution in [0.25, 0.3) is 5.82 Å². The summed E-state index contributed by atoms with van der Waals surface area (Å²) in [6, 6.07) is 12.4. The van der Waals surface area contributed by atoms with Crippen molar-refractivity contribution >= 4 is 27.4 Å². The standard InChI is InChI=1S/C22H22N8O3S/c1-13-12-20(24-16(4)23-13)29-34(32,33)18-7-5-17(6-8-18)25-22(31)19-9-10-21(27-26-19)30-15(3)11-14(2)28-30/h5-12H,1-4H3,(H,25,31)(H,23,24,29). The normalized spacial score (nSPS) is 11.3. The van der Waals surface area contributed by atoms with E-state index >= 15 is 0 Å². The van der Waals surface area contributed by atoms with Crippen molar-refractivity contribution in [2.24, 2.45) is 0 Å². The van der Waals surface area contributed by atoms with Crippen LogP contribution in [-0.4, -0.2) is 44.3 Å². The van der Waals surface area contributed by atoms with Gasteiger partial charge in [-0.2, -0.15) is 5.10 Å². The van der Waals surface area contributed by atoms with E-state index in [1.165, 1.54) is 24.3 Å². The van der Waals surface area contributed by atoms with Gasteiger partial charge in [0.25, 0.3) is 15.9 Å². The fourth-order valence-electron chi connectivity index (χ4n) is 3.30. The van der Waals surface area contributed by atoms with E-state index in [-0.39, 0.29) is 16.4 Å². The Balaban J connectivity index is 1.44. The quantitative estimate of drug-likeness (QED) is 0.430. The lowest BCUT2D eigenvalue weighted by atomic mass is 10.3. The van der Waals surface area contributed by atoms with Crippen molar-refractivity contribution in [3.8, 4) is 5.82 Å². The number of aryl methyl sites for hydroxylation is 4. The number of anilines is 2. The maximum absolute atomic E-state index is 12.7. The molecule has 0 fully saturated rings. The Labute approximate surface area is 196 Å². The molecule has 0 unspecified atom stereocenters. The summed E-state index contributed by atoms with van der Waals surface area (Å²) in [4.78, 5) is 20.8. The largest absolute Gasteiger partial charge is 0.321 e. The van der Waals surface area contributed by atoms with Crippen LogP contribution in [0.1, 0.15) is 33.4 Å². The molecule has 1 amide bonds. The first kappa shape index (κ1) is 23.0. The van der Waals surface area contributed by atoms with E-state index in [0.29, 0.717) is 23.0 Å². The number of carbonyl (C=O) groups is 1. The molecule has 174 valence electrons. The molecule has 4 aromatic rings. The van der Waals surface area contributed by atoms with Crippen LogP contribution in [0.3, 0.4) is 0 Å². The van der Waals surface area contributed by atoms with E-state index in [1.807, 2.05) is 19.9 Å². The third-order valence-electron chi connectivity index (χ3n) is 4.74. The van der Waals surface area contributed by atoms with Gasteiger partial charge < -0.3 is 5.32 Å². The number of nitrogens with zero attached hydrogens (tertiary/aromatic N) is 6. The molecule has 0 radical (unpaired) electrons. The monoisotopic (exact) mass is 478 g/mol. The smallest absolute Gasteiger partial charge is 0.276 e. The minimum Gasteiger partial charge on any atom is -0.321 e. The Bertz CT molecular complexity index is 1440. The van der Waals surface area contributed by atoms with Crippen LogP contribution in [0, 0.1) is 27.7 Å². The second-order valence-electron chi connectivity index (χ2n) is 7.64. The Morgan fingerprint density at radius 1 is 0.882 bits per heavy atom. The molecule has 0 saturated carbocycles. The number of nitrogens with one attached hydrogen (secondary N) is 2. The molecule has 11 nitrogen and oxygen atoms in total. The fraction of sp³-hybridized carbons (Fsp3) is 0.182. The molecule has 0 saturated heterocycles. The first-order valence-electron chi connectivity index (χ1n) is 10.2. The van der Waals surface area contributed by atoms with Gasteiger partial charge in [-0.1, -0.05) is 0 Å². The van der Waals surface area contributed by atoms with Gasteiger partial charge in [0.2, 0.25) is 0 Å². The average molecular weight is 479 g/mol. The average Bonchev–Trinajstić information content (AvgIpc) is 3.11. The van der Waals surface area contributed by atoms with Crippen LogP contribution in [0.2, 0.25) is 0 Å². The van der Waals surface area contributed by atoms with E-state index in [1.54, 1.807) is 36.7 Å². The van der Waals surface area contributed by atoms with Crippen LogP contribution in [0.5, 0.6) is 0 Å². The number of carbonyl (C=O) groups excluding carboxylic acids is 1. The zero-order valence-electron chi connectivity index (χ0n) is 18.9. The maximum Gasteiger partial charge on any atom is 0.276 e. The van der Waals surface area contributed by atoms with Gasteiger partial charge in [0.1, 0.15) is 11.6 Å². The highest BCUT2D eigenvalue weighted by molar-refractivity contribution is 7.92. The Hall–Kier alpha value is -4.19. The van der Waals surface area contributed by atoms with Crippen LogP contribution >= 0.6 is 0 Å². The van der Waals surface area contributed by atoms with E-state index in [2.05, 4.69) is 35.3 Å². The summed E-state index contributed by atoms with van der Waals surface area (Å²) >= 11 is 0. The van der Waals surface area contributed by atoms with Gasteiger partial charge in [0.15, 0.2) is 11.5 Å². The molecule has 0 aliphatic carbocycles. The van der Waals surface area contributed by atoms with Gasteiger partial charge >= 0.3 is 0 Å². The number of hydrogen-bond donors (Lipinski definition) is 2. The molecule has 0 atom stereocenters. The van der Waals surface area contributed by atoms with E-state index in [9.17, 15) is 13.2 Å². The van der Waals surface area contributed by atoms with Gasteiger partial charge in [0, 0.05) is 23.1 Å². The molecule has 3 aromatic heterocycles. The van der Waals surface area contributed by atoms with Gasteiger partial charge in [0.05, 0.1) is 10.6 Å². The van der Waals surface area contributed by atoms with Gasteiger partial charge in [-0.25, -0.2) is 23.1 Å². The van der Waals surface area contributed by atoms with Crippen molar-refractivity contribution in [1.82, 2.24) is 29.9 Å². The van der Waals surface area contributed by atoms with Crippen molar-refractivity contribution in [3.05, 3.63) is 77.1 Å². The highest BCUT2D eigenvalue weighted by Crippen LogP contribution is 2.18. The number of aromatic nitrogens is 6. The number of sulfonamides is 1. The topological polar surface area (TPSA) is 145 Å². The number of hydrogen-bond acceptors (Lipinski definition) is 8. The van der Waals surface area contributed by atoms with Crippen molar-refractivity contribution < 1.29 is 13.2 Å². The highest BCUT2D eigenvalue weighted by atomic mass is 32.2. The summed E-state index contributed by atoms with van der Waals surface area (Å²) in [6.07, 6.45) is 0. The molecule has 3 heterocycles. The van der Waals surface area contributed by atoms with Crippen LogP contribution in [0.4, 0.5) is 11.5 Å². The predicted molar refractivity (Wildman–Crippen MR) is 125 cm³/mol. The van der Waals surface area contributed by atoms with Gasteiger partial charge in [-0.05, 0) is 70.2 Å². The summed E-state index contributed by atoms with van der Waals surface area (Å²) in [6.45, 7) is 7.21. The van der Waals surface area contributed by atoms with Crippen LogP contribution in [-0.2, 0) is 10.0 Å². The number of rotatable bonds is 6. The van der Waals surface area contributed by atoms with Crippen molar-refractivity contribution in [3.63, 3.8) is 0 Å². The lowest BCUT2D eigenvalue weighted by Crippen LogP contribution is -2.16. The summed E-state index contributed by atoms with van der Waals surface area (Å²) in [5, 5.41) is 15.1. The first-order chi connectivity index (χ1) is 16.1. The second-order valence-corrected chi connectivity index (χ2v) is 9.32. The third kappa shape index (κ3) is 5.07. The minimum absolute atomic E-state index is 0.0217. The Morgan fingerprint density at radius 2 is 1.62 bits per heavy atom. The third-order valence-corrected chi connectivity index (χ3v) is 6.11. The second kappa shape index (κ2) is 8.98. The Morgan fingerprint density at radius 3 is 2.21 bits per heavy atom. The molecule has 0 aliphatic heterocycles. The predicted octanol–water partition coefficient (Wildman–Crippen LogP) is 2.74. The van der Waals surface area contributed by atoms with Crippen LogP contribution in [0.15, 0.2) is 53.4 Å². The van der Waals surface area contributed by atoms with Crippen molar-refractivity contribution in [2.45, 2.75) is 32.6 Å². The minimum atomic E-state index is -3.86. The van der Waals surface area contributed by atoms with Crippen molar-refractivity contribution in [2.75, 3.05) is 10.0 Å². The molecule has 0 aliphatic rings. The lowest BCUT2D eigenvalue weighted by molar-refractivity contribution is 0.102. The molecular formula is C22H22N8O3S. The number of amides is 1. The summed E-state index contributed by atoms with van der Waals surface area (Å²) < 4.78 is 29.4. The van der Waals surface area contributed by atoms with Crippen molar-refractivity contribution in [1.29, 1.82) is 0 Å². The van der Waals surface area contributed by atoms with Gasteiger partial charge in [-0.3, -0.25) is 9.52 Å². The molecule has 12 heteroatoms. The molecule has 0 bridgehead atoms. The fourth-order valence-corrected chi connectivity index (χ4v) is 4.29. The zero-order valence-corrected chi connectivity index (χ0v) is 19.8. The molecule has 0 spiro atoms. The molecule has 34 heavy (non-hydrogen) atoms. The van der Waals surface area contributed by atoms with E-state index < -0.39 is 15.9 Å². The first-order valence-corrected chi connectivity index (χ1v) is 11.7. The zero-order chi connectivity index (χ0) is 24.5. The van der Waals surface area contributed by atoms with Crippen LogP contribution < -0.4 is 10.0 Å².